The molecule has 24 heavy (non-hydrogen) atoms. The second-order valence-corrected chi connectivity index (χ2v) is 6.30. The van der Waals surface area contributed by atoms with Gasteiger partial charge in [0.25, 0.3) is 0 Å². The number of hydrogen-bond acceptors (Lipinski definition) is 2. The SMILES string of the molecule is CN=C(NCc1cnn(C)c1)NCC1(c2ccccc2)CCC1.I. The van der Waals surface area contributed by atoms with Crippen LogP contribution in [-0.2, 0) is 19.0 Å². The predicted molar refractivity (Wildman–Crippen MR) is 109 cm³/mol. The molecule has 1 heterocycles. The third kappa shape index (κ3) is 4.28. The minimum atomic E-state index is 0. The predicted octanol–water partition coefficient (Wildman–Crippen LogP) is 2.83. The number of nitrogens with one attached hydrogen (secondary N) is 2. The molecule has 0 radical (unpaired) electrons. The quantitative estimate of drug-likeness (QED) is 0.428. The zero-order valence-corrected chi connectivity index (χ0v) is 16.7. The van der Waals surface area contributed by atoms with Crippen LogP contribution in [0.2, 0.25) is 0 Å². The van der Waals surface area contributed by atoms with E-state index in [9.17, 15) is 0 Å². The Kier molecular flexibility index (Phi) is 6.65. The monoisotopic (exact) mass is 439 g/mol. The van der Waals surface area contributed by atoms with Crippen LogP contribution in [0.15, 0.2) is 47.7 Å². The van der Waals surface area contributed by atoms with Crippen molar-refractivity contribution < 1.29 is 0 Å². The van der Waals surface area contributed by atoms with Gasteiger partial charge >= 0.3 is 0 Å². The molecule has 2 N–H and O–H groups in total. The highest BCUT2D eigenvalue weighted by molar-refractivity contribution is 14.0. The molecule has 1 aliphatic carbocycles. The van der Waals surface area contributed by atoms with Gasteiger partial charge in [-0.1, -0.05) is 36.8 Å². The van der Waals surface area contributed by atoms with E-state index >= 15 is 0 Å². The Hall–Kier alpha value is -1.57. The van der Waals surface area contributed by atoms with Gasteiger partial charge in [0.1, 0.15) is 0 Å². The fourth-order valence-electron chi connectivity index (χ4n) is 3.19. The van der Waals surface area contributed by atoms with Crippen molar-refractivity contribution in [2.75, 3.05) is 13.6 Å². The van der Waals surface area contributed by atoms with E-state index in [1.807, 2.05) is 31.2 Å². The number of aromatic nitrogens is 2. The van der Waals surface area contributed by atoms with Crippen LogP contribution >= 0.6 is 24.0 Å². The number of hydrogen-bond donors (Lipinski definition) is 2. The Morgan fingerprint density at radius 1 is 1.25 bits per heavy atom. The van der Waals surface area contributed by atoms with E-state index in [2.05, 4.69) is 51.1 Å². The van der Waals surface area contributed by atoms with Crippen molar-refractivity contribution in [2.24, 2.45) is 12.0 Å². The zero-order chi connectivity index (χ0) is 16.1. The van der Waals surface area contributed by atoms with E-state index in [0.29, 0.717) is 0 Å². The second-order valence-electron chi connectivity index (χ2n) is 6.30. The molecule has 0 bridgehead atoms. The molecule has 0 unspecified atom stereocenters. The normalized spacial score (nSPS) is 16.0. The van der Waals surface area contributed by atoms with Crippen molar-refractivity contribution in [3.63, 3.8) is 0 Å². The van der Waals surface area contributed by atoms with Gasteiger partial charge in [-0.05, 0) is 18.4 Å². The lowest BCUT2D eigenvalue weighted by molar-refractivity contribution is 0.244. The van der Waals surface area contributed by atoms with E-state index in [0.717, 1.165) is 24.6 Å². The molecular weight excluding hydrogens is 413 g/mol. The average Bonchev–Trinajstić information content (AvgIpc) is 2.96. The summed E-state index contributed by atoms with van der Waals surface area (Å²) in [6.07, 6.45) is 7.67. The van der Waals surface area contributed by atoms with Crippen LogP contribution in [0.3, 0.4) is 0 Å². The lowest BCUT2D eigenvalue weighted by Gasteiger charge is -2.43. The summed E-state index contributed by atoms with van der Waals surface area (Å²) in [5.74, 6) is 0.844. The topological polar surface area (TPSA) is 54.2 Å². The lowest BCUT2D eigenvalue weighted by atomic mass is 9.64. The molecule has 130 valence electrons. The fraction of sp³-hybridized carbons (Fsp3) is 0.444. The van der Waals surface area contributed by atoms with E-state index in [4.69, 9.17) is 0 Å². The molecule has 1 aromatic carbocycles. The van der Waals surface area contributed by atoms with Crippen LogP contribution < -0.4 is 10.6 Å². The van der Waals surface area contributed by atoms with Gasteiger partial charge in [0.15, 0.2) is 5.96 Å². The molecule has 1 fully saturated rings. The highest BCUT2D eigenvalue weighted by Gasteiger charge is 2.38. The smallest absolute Gasteiger partial charge is 0.191 e. The Labute approximate surface area is 161 Å². The van der Waals surface area contributed by atoms with Gasteiger partial charge in [-0.2, -0.15) is 5.10 Å². The van der Waals surface area contributed by atoms with E-state index < -0.39 is 0 Å². The Bertz CT molecular complexity index is 661. The molecule has 3 rings (SSSR count). The van der Waals surface area contributed by atoms with Crippen LogP contribution in [0.5, 0.6) is 0 Å². The highest BCUT2D eigenvalue weighted by atomic mass is 127. The molecule has 6 heteroatoms. The van der Waals surface area contributed by atoms with Gasteiger partial charge in [0, 0.05) is 44.4 Å². The maximum Gasteiger partial charge on any atom is 0.191 e. The Morgan fingerprint density at radius 3 is 2.54 bits per heavy atom. The van der Waals surface area contributed by atoms with Crippen molar-refractivity contribution in [3.8, 4) is 0 Å². The summed E-state index contributed by atoms with van der Waals surface area (Å²) in [5.41, 5.74) is 2.84. The molecule has 0 amide bonds. The first-order chi connectivity index (χ1) is 11.2. The molecule has 1 aromatic heterocycles. The van der Waals surface area contributed by atoms with Crippen LogP contribution in [0.1, 0.15) is 30.4 Å². The molecule has 5 nitrogen and oxygen atoms in total. The number of benzene rings is 1. The molecule has 0 atom stereocenters. The number of aliphatic imine (C=N–C) groups is 1. The number of halogens is 1. The maximum absolute atomic E-state index is 4.33. The molecule has 1 saturated carbocycles. The number of nitrogens with zero attached hydrogens (tertiary/aromatic N) is 3. The van der Waals surface area contributed by atoms with Gasteiger partial charge in [0.05, 0.1) is 6.20 Å². The number of guanidine groups is 1. The van der Waals surface area contributed by atoms with Crippen molar-refractivity contribution in [1.82, 2.24) is 20.4 Å². The second kappa shape index (κ2) is 8.50. The third-order valence-corrected chi connectivity index (χ3v) is 4.73. The third-order valence-electron chi connectivity index (χ3n) is 4.73. The van der Waals surface area contributed by atoms with Crippen LogP contribution in [-0.4, -0.2) is 29.3 Å². The molecule has 0 saturated heterocycles. The van der Waals surface area contributed by atoms with E-state index in [-0.39, 0.29) is 29.4 Å². The van der Waals surface area contributed by atoms with Crippen LogP contribution in [0, 0.1) is 0 Å². The summed E-state index contributed by atoms with van der Waals surface area (Å²) in [6.45, 7) is 1.65. The summed E-state index contributed by atoms with van der Waals surface area (Å²) >= 11 is 0. The van der Waals surface area contributed by atoms with Gasteiger partial charge in [-0.25, -0.2) is 0 Å². The van der Waals surface area contributed by atoms with Gasteiger partial charge in [-0.15, -0.1) is 24.0 Å². The first kappa shape index (κ1) is 18.8. The fourth-order valence-corrected chi connectivity index (χ4v) is 3.19. The molecule has 1 aliphatic rings. The van der Waals surface area contributed by atoms with Gasteiger partial charge < -0.3 is 10.6 Å². The van der Waals surface area contributed by atoms with Crippen molar-refractivity contribution in [3.05, 3.63) is 53.9 Å². The van der Waals surface area contributed by atoms with Crippen molar-refractivity contribution in [2.45, 2.75) is 31.2 Å². The number of rotatable bonds is 5. The number of aryl methyl sites for hydroxylation is 1. The Morgan fingerprint density at radius 2 is 2.00 bits per heavy atom. The van der Waals surface area contributed by atoms with Crippen molar-refractivity contribution in [1.29, 1.82) is 0 Å². The van der Waals surface area contributed by atoms with Crippen molar-refractivity contribution >= 4 is 29.9 Å². The lowest BCUT2D eigenvalue weighted by Crippen LogP contribution is -2.48. The first-order valence-corrected chi connectivity index (χ1v) is 8.19. The Balaban J connectivity index is 0.00000208. The minimum Gasteiger partial charge on any atom is -0.356 e. The zero-order valence-electron chi connectivity index (χ0n) is 14.3. The summed E-state index contributed by atoms with van der Waals surface area (Å²) in [6, 6.07) is 10.8. The van der Waals surface area contributed by atoms with E-state index in [1.54, 1.807) is 0 Å². The summed E-state index contributed by atoms with van der Waals surface area (Å²) < 4.78 is 1.81. The molecule has 0 aliphatic heterocycles. The molecule has 0 spiro atoms. The van der Waals surface area contributed by atoms with E-state index in [1.165, 1.54) is 24.8 Å². The highest BCUT2D eigenvalue weighted by Crippen LogP contribution is 2.43. The summed E-state index contributed by atoms with van der Waals surface area (Å²) in [5, 5.41) is 11.0. The summed E-state index contributed by atoms with van der Waals surface area (Å²) in [4.78, 5) is 4.33. The molecular formula is C18H26IN5. The largest absolute Gasteiger partial charge is 0.356 e. The standard InChI is InChI=1S/C18H25N5.HI/c1-19-17(20-11-15-12-22-23(2)13-15)21-14-18(9-6-10-18)16-7-4-3-5-8-16;/h3-5,7-8,12-13H,6,9-11,14H2,1-2H3,(H2,19,20,21);1H. The summed E-state index contributed by atoms with van der Waals surface area (Å²) in [7, 11) is 3.74. The van der Waals surface area contributed by atoms with Gasteiger partial charge in [-0.3, -0.25) is 9.67 Å². The van der Waals surface area contributed by atoms with Crippen LogP contribution in [0.4, 0.5) is 0 Å². The maximum atomic E-state index is 4.33. The average molecular weight is 439 g/mol. The first-order valence-electron chi connectivity index (χ1n) is 8.19. The minimum absolute atomic E-state index is 0. The molecule has 2 aromatic rings. The van der Waals surface area contributed by atoms with Crippen LogP contribution in [0.25, 0.3) is 0 Å². The van der Waals surface area contributed by atoms with Gasteiger partial charge in [0.2, 0.25) is 0 Å².